The molecule has 0 unspecified atom stereocenters. The second-order valence-corrected chi connectivity index (χ2v) is 6.51. The summed E-state index contributed by atoms with van der Waals surface area (Å²) in [6.07, 6.45) is 0. The summed E-state index contributed by atoms with van der Waals surface area (Å²) in [5, 5.41) is 2.87. The maximum absolute atomic E-state index is 13.3. The third-order valence-electron chi connectivity index (χ3n) is 2.58. The minimum Gasteiger partial charge on any atom is -0.316 e. The van der Waals surface area contributed by atoms with Crippen LogP contribution in [-0.2, 0) is 16.6 Å². The lowest BCUT2D eigenvalue weighted by atomic mass is 10.2. The van der Waals surface area contributed by atoms with Gasteiger partial charge in [-0.05, 0) is 31.7 Å². The average molecular weight is 286 g/mol. The van der Waals surface area contributed by atoms with E-state index in [9.17, 15) is 12.8 Å². The van der Waals surface area contributed by atoms with Crippen LogP contribution in [0.2, 0.25) is 0 Å². The molecule has 1 aromatic rings. The van der Waals surface area contributed by atoms with Crippen molar-refractivity contribution in [1.82, 2.24) is 9.62 Å². The van der Waals surface area contributed by atoms with E-state index in [1.54, 1.807) is 14.0 Å². The topological polar surface area (TPSA) is 49.4 Å². The van der Waals surface area contributed by atoms with Crippen molar-refractivity contribution in [3.63, 3.8) is 0 Å². The Morgan fingerprint density at radius 1 is 1.47 bits per heavy atom. The molecule has 0 aromatic heterocycles. The van der Waals surface area contributed by atoms with E-state index in [0.717, 1.165) is 11.6 Å². The first-order valence-corrected chi connectivity index (χ1v) is 7.26. The van der Waals surface area contributed by atoms with Gasteiger partial charge in [0, 0.05) is 20.1 Å². The molecule has 1 aromatic carbocycles. The summed E-state index contributed by atoms with van der Waals surface area (Å²) >= 11 is 0. The molecule has 0 saturated heterocycles. The van der Waals surface area contributed by atoms with E-state index in [1.807, 2.05) is 0 Å². The lowest BCUT2D eigenvalue weighted by Gasteiger charge is -2.19. The SMILES string of the molecule is C=C(C)CN(C)S(=O)(=O)c1cc(F)ccc1CNC. The summed E-state index contributed by atoms with van der Waals surface area (Å²) in [5.74, 6) is -0.567. The fourth-order valence-corrected chi connectivity index (χ4v) is 3.20. The van der Waals surface area contributed by atoms with Crippen molar-refractivity contribution in [2.45, 2.75) is 18.4 Å². The number of benzene rings is 1. The normalized spacial score (nSPS) is 11.8. The molecule has 19 heavy (non-hydrogen) atoms. The van der Waals surface area contributed by atoms with Gasteiger partial charge in [0.15, 0.2) is 0 Å². The standard InChI is InChI=1S/C13H19FN2O2S/c1-10(2)9-16(4)19(17,18)13-7-12(14)6-5-11(13)8-15-3/h5-7,15H,1,8-9H2,2-4H3. The van der Waals surface area contributed by atoms with E-state index in [1.165, 1.54) is 23.5 Å². The molecule has 0 aliphatic rings. The minimum absolute atomic E-state index is 0.00870. The molecule has 106 valence electrons. The van der Waals surface area contributed by atoms with E-state index < -0.39 is 15.8 Å². The summed E-state index contributed by atoms with van der Waals surface area (Å²) < 4.78 is 39.3. The van der Waals surface area contributed by atoms with Crippen molar-refractivity contribution in [3.8, 4) is 0 Å². The predicted octanol–water partition coefficient (Wildman–Crippen LogP) is 1.74. The van der Waals surface area contributed by atoms with E-state index in [0.29, 0.717) is 12.1 Å². The van der Waals surface area contributed by atoms with Crippen molar-refractivity contribution < 1.29 is 12.8 Å². The van der Waals surface area contributed by atoms with E-state index in [2.05, 4.69) is 11.9 Å². The van der Waals surface area contributed by atoms with Gasteiger partial charge in [0.05, 0.1) is 4.90 Å². The third-order valence-corrected chi connectivity index (χ3v) is 4.46. The molecule has 0 saturated carbocycles. The number of nitrogens with one attached hydrogen (secondary N) is 1. The minimum atomic E-state index is -3.72. The number of rotatable bonds is 6. The summed E-state index contributed by atoms with van der Waals surface area (Å²) in [4.78, 5) is -0.00870. The largest absolute Gasteiger partial charge is 0.316 e. The number of sulfonamides is 1. The maximum Gasteiger partial charge on any atom is 0.243 e. The Morgan fingerprint density at radius 2 is 2.11 bits per heavy atom. The van der Waals surface area contributed by atoms with Gasteiger partial charge in [-0.2, -0.15) is 4.31 Å². The molecule has 0 radical (unpaired) electrons. The third kappa shape index (κ3) is 3.86. The first-order valence-electron chi connectivity index (χ1n) is 5.82. The summed E-state index contributed by atoms with van der Waals surface area (Å²) in [5.41, 5.74) is 1.26. The Bertz CT molecular complexity index is 570. The van der Waals surface area contributed by atoms with Gasteiger partial charge in [-0.25, -0.2) is 12.8 Å². The monoisotopic (exact) mass is 286 g/mol. The lowest BCUT2D eigenvalue weighted by Crippen LogP contribution is -2.29. The van der Waals surface area contributed by atoms with Crippen molar-refractivity contribution in [1.29, 1.82) is 0 Å². The molecule has 0 amide bonds. The average Bonchev–Trinajstić information content (AvgIpc) is 2.30. The van der Waals surface area contributed by atoms with Crippen LogP contribution in [-0.4, -0.2) is 33.4 Å². The fraction of sp³-hybridized carbons (Fsp3) is 0.385. The molecule has 0 atom stereocenters. The van der Waals surface area contributed by atoms with Gasteiger partial charge >= 0.3 is 0 Å². The second-order valence-electron chi connectivity index (χ2n) is 4.50. The lowest BCUT2D eigenvalue weighted by molar-refractivity contribution is 0.490. The van der Waals surface area contributed by atoms with Crippen molar-refractivity contribution in [3.05, 3.63) is 41.7 Å². The maximum atomic E-state index is 13.3. The van der Waals surface area contributed by atoms with Crippen LogP contribution >= 0.6 is 0 Å². The number of hydrogen-bond acceptors (Lipinski definition) is 3. The molecular weight excluding hydrogens is 267 g/mol. The number of hydrogen-bond donors (Lipinski definition) is 1. The van der Waals surface area contributed by atoms with E-state index in [-0.39, 0.29) is 11.4 Å². The molecule has 6 heteroatoms. The Labute approximate surface area is 114 Å². The van der Waals surface area contributed by atoms with Gasteiger partial charge in [-0.15, -0.1) is 0 Å². The Morgan fingerprint density at radius 3 is 2.63 bits per heavy atom. The van der Waals surface area contributed by atoms with Crippen LogP contribution in [0.15, 0.2) is 35.2 Å². The number of nitrogens with zero attached hydrogens (tertiary/aromatic N) is 1. The molecule has 0 aliphatic heterocycles. The van der Waals surface area contributed by atoms with Crippen LogP contribution in [0, 0.1) is 5.82 Å². The molecule has 1 rings (SSSR count). The molecule has 0 aliphatic carbocycles. The molecule has 1 N–H and O–H groups in total. The van der Waals surface area contributed by atoms with Crippen LogP contribution < -0.4 is 5.32 Å². The Balaban J connectivity index is 3.26. The Hall–Kier alpha value is -1.24. The van der Waals surface area contributed by atoms with Crippen molar-refractivity contribution >= 4 is 10.0 Å². The molecular formula is C13H19FN2O2S. The summed E-state index contributed by atoms with van der Waals surface area (Å²) in [6.45, 7) is 5.99. The van der Waals surface area contributed by atoms with Crippen LogP contribution in [0.4, 0.5) is 4.39 Å². The van der Waals surface area contributed by atoms with Gasteiger partial charge in [0.25, 0.3) is 0 Å². The van der Waals surface area contributed by atoms with Crippen LogP contribution in [0.3, 0.4) is 0 Å². The van der Waals surface area contributed by atoms with Gasteiger partial charge in [-0.1, -0.05) is 18.2 Å². The highest BCUT2D eigenvalue weighted by Gasteiger charge is 2.24. The second kappa shape index (κ2) is 6.27. The highest BCUT2D eigenvalue weighted by Crippen LogP contribution is 2.21. The summed E-state index contributed by atoms with van der Waals surface area (Å²) in [7, 11) is -0.555. The highest BCUT2D eigenvalue weighted by molar-refractivity contribution is 7.89. The molecule has 0 bridgehead atoms. The molecule has 0 fully saturated rings. The fourth-order valence-electron chi connectivity index (χ4n) is 1.74. The van der Waals surface area contributed by atoms with Crippen LogP contribution in [0.25, 0.3) is 0 Å². The zero-order valence-electron chi connectivity index (χ0n) is 11.4. The quantitative estimate of drug-likeness (QED) is 0.810. The molecule has 0 heterocycles. The van der Waals surface area contributed by atoms with Gasteiger partial charge < -0.3 is 5.32 Å². The molecule has 0 spiro atoms. The smallest absolute Gasteiger partial charge is 0.243 e. The van der Waals surface area contributed by atoms with Crippen LogP contribution in [0.1, 0.15) is 12.5 Å². The van der Waals surface area contributed by atoms with Crippen molar-refractivity contribution in [2.24, 2.45) is 0 Å². The van der Waals surface area contributed by atoms with Crippen LogP contribution in [0.5, 0.6) is 0 Å². The number of halogens is 1. The molecule has 4 nitrogen and oxygen atoms in total. The number of likely N-dealkylation sites (N-methyl/N-ethyl adjacent to an activating group) is 1. The van der Waals surface area contributed by atoms with E-state index in [4.69, 9.17) is 0 Å². The van der Waals surface area contributed by atoms with Gasteiger partial charge in [0.1, 0.15) is 5.82 Å². The first kappa shape index (κ1) is 15.8. The van der Waals surface area contributed by atoms with E-state index >= 15 is 0 Å². The first-order chi connectivity index (χ1) is 8.78. The zero-order valence-corrected chi connectivity index (χ0v) is 12.2. The van der Waals surface area contributed by atoms with Gasteiger partial charge in [-0.3, -0.25) is 0 Å². The zero-order chi connectivity index (χ0) is 14.6. The predicted molar refractivity (Wildman–Crippen MR) is 73.8 cm³/mol. The highest BCUT2D eigenvalue weighted by atomic mass is 32.2. The van der Waals surface area contributed by atoms with Gasteiger partial charge in [0.2, 0.25) is 10.0 Å². The van der Waals surface area contributed by atoms with Crippen molar-refractivity contribution in [2.75, 3.05) is 20.6 Å². The Kier molecular flexibility index (Phi) is 5.22. The summed E-state index contributed by atoms with van der Waals surface area (Å²) in [6, 6.07) is 3.79.